The topological polar surface area (TPSA) is 102 Å². The average molecular weight is 461 g/mol. The van der Waals surface area contributed by atoms with Crippen LogP contribution >= 0.6 is 0 Å². The lowest BCUT2D eigenvalue weighted by Crippen LogP contribution is -2.31. The van der Waals surface area contributed by atoms with Gasteiger partial charge in [0.15, 0.2) is 0 Å². The minimum Gasteiger partial charge on any atom is -0.491 e. The first-order valence-corrected chi connectivity index (χ1v) is 11.5. The van der Waals surface area contributed by atoms with Crippen LogP contribution in [0.5, 0.6) is 11.5 Å². The first-order valence-electron chi connectivity index (χ1n) is 11.5. The zero-order chi connectivity index (χ0) is 23.7. The lowest BCUT2D eigenvalue weighted by atomic mass is 9.91. The molecular weight excluding hydrogens is 432 g/mol. The second-order valence-electron chi connectivity index (χ2n) is 8.88. The summed E-state index contributed by atoms with van der Waals surface area (Å²) >= 11 is 0. The lowest BCUT2D eigenvalue weighted by molar-refractivity contribution is -0.117. The Morgan fingerprint density at radius 2 is 2.06 bits per heavy atom. The van der Waals surface area contributed by atoms with Crippen LogP contribution in [0.1, 0.15) is 32.4 Å². The normalized spacial score (nSPS) is 16.0. The van der Waals surface area contributed by atoms with Crippen LogP contribution in [0.3, 0.4) is 0 Å². The Labute approximate surface area is 198 Å². The predicted molar refractivity (Wildman–Crippen MR) is 130 cm³/mol. The van der Waals surface area contributed by atoms with Crippen molar-refractivity contribution in [1.29, 1.82) is 0 Å². The largest absolute Gasteiger partial charge is 0.491 e. The highest BCUT2D eigenvalue weighted by Crippen LogP contribution is 2.46. The van der Waals surface area contributed by atoms with E-state index in [9.17, 15) is 4.79 Å². The number of amides is 1. The van der Waals surface area contributed by atoms with E-state index in [1.54, 1.807) is 12.4 Å². The van der Waals surface area contributed by atoms with Gasteiger partial charge in [-0.3, -0.25) is 9.78 Å². The van der Waals surface area contributed by atoms with Gasteiger partial charge in [0.2, 0.25) is 11.9 Å². The molecule has 2 N–H and O–H groups in total. The van der Waals surface area contributed by atoms with E-state index in [1.165, 1.54) is 0 Å². The number of nitrogens with one attached hydrogen (secondary N) is 2. The molecule has 1 saturated heterocycles. The molecule has 2 aliphatic heterocycles. The third kappa shape index (κ3) is 4.26. The summed E-state index contributed by atoms with van der Waals surface area (Å²) in [7, 11) is 1.88. The summed E-state index contributed by atoms with van der Waals surface area (Å²) in [5, 5.41) is 6.26. The minimum atomic E-state index is -0.675. The second kappa shape index (κ2) is 8.90. The van der Waals surface area contributed by atoms with Gasteiger partial charge in [-0.1, -0.05) is 0 Å². The van der Waals surface area contributed by atoms with E-state index in [4.69, 9.17) is 14.5 Å². The summed E-state index contributed by atoms with van der Waals surface area (Å²) < 4.78 is 12.1. The summed E-state index contributed by atoms with van der Waals surface area (Å²) in [5.74, 6) is 2.01. The summed E-state index contributed by atoms with van der Waals surface area (Å²) in [6, 6.07) is 7.76. The number of hydrogen-bond donors (Lipinski definition) is 2. The second-order valence-corrected chi connectivity index (χ2v) is 8.88. The molecule has 1 amide bonds. The highest BCUT2D eigenvalue weighted by Gasteiger charge is 2.35. The van der Waals surface area contributed by atoms with Crippen molar-refractivity contribution in [2.45, 2.75) is 32.3 Å². The van der Waals surface area contributed by atoms with Crippen molar-refractivity contribution in [3.63, 3.8) is 0 Å². The molecule has 5 rings (SSSR count). The van der Waals surface area contributed by atoms with Gasteiger partial charge in [0.25, 0.3) is 0 Å². The fourth-order valence-electron chi connectivity index (χ4n) is 4.29. The third-order valence-electron chi connectivity index (χ3n) is 5.95. The van der Waals surface area contributed by atoms with E-state index >= 15 is 0 Å². The van der Waals surface area contributed by atoms with Crippen molar-refractivity contribution in [1.82, 2.24) is 20.3 Å². The molecule has 176 valence electrons. The van der Waals surface area contributed by atoms with Gasteiger partial charge in [-0.2, -0.15) is 0 Å². The van der Waals surface area contributed by atoms with E-state index < -0.39 is 5.60 Å². The fourth-order valence-corrected chi connectivity index (χ4v) is 4.29. The van der Waals surface area contributed by atoms with Gasteiger partial charge in [0.1, 0.15) is 23.7 Å². The van der Waals surface area contributed by atoms with Gasteiger partial charge in [0.05, 0.1) is 23.8 Å². The zero-order valence-electron chi connectivity index (χ0n) is 19.6. The Kier molecular flexibility index (Phi) is 5.79. The van der Waals surface area contributed by atoms with Crippen molar-refractivity contribution in [2.75, 3.05) is 37.0 Å². The number of carbonyl (C=O) groups is 1. The van der Waals surface area contributed by atoms with E-state index in [-0.39, 0.29) is 5.91 Å². The summed E-state index contributed by atoms with van der Waals surface area (Å²) in [6.07, 6.45) is 6.67. The van der Waals surface area contributed by atoms with Crippen molar-refractivity contribution < 1.29 is 14.3 Å². The maximum absolute atomic E-state index is 12.2. The highest BCUT2D eigenvalue weighted by molar-refractivity contribution is 5.96. The highest BCUT2D eigenvalue weighted by atomic mass is 16.5. The van der Waals surface area contributed by atoms with Crippen molar-refractivity contribution in [3.8, 4) is 22.6 Å². The van der Waals surface area contributed by atoms with Gasteiger partial charge in [-0.15, -0.1) is 0 Å². The van der Waals surface area contributed by atoms with E-state index in [1.807, 2.05) is 56.3 Å². The molecule has 0 saturated carbocycles. The van der Waals surface area contributed by atoms with Gasteiger partial charge in [-0.05, 0) is 39.4 Å². The smallest absolute Gasteiger partial charge is 0.227 e. The molecule has 1 fully saturated rings. The SMILES string of the molecule is CNCCOc1cncc(Nc2ncc3c(n2)C(C)(C)Oc2cc(N4CCCC4=O)ccc2-3)c1. The Morgan fingerprint density at radius 1 is 1.18 bits per heavy atom. The molecule has 0 bridgehead atoms. The van der Waals surface area contributed by atoms with Crippen LogP contribution < -0.4 is 25.0 Å². The number of benzene rings is 1. The molecule has 9 nitrogen and oxygen atoms in total. The Balaban J connectivity index is 1.42. The van der Waals surface area contributed by atoms with Crippen LogP contribution in [0, 0.1) is 0 Å². The van der Waals surface area contributed by atoms with Crippen LogP contribution in [-0.2, 0) is 10.4 Å². The van der Waals surface area contributed by atoms with Crippen LogP contribution in [-0.4, -0.2) is 47.6 Å². The molecule has 0 unspecified atom stereocenters. The number of fused-ring (bicyclic) bond motifs is 3. The van der Waals surface area contributed by atoms with Crippen LogP contribution in [0.4, 0.5) is 17.3 Å². The molecule has 1 aromatic carbocycles. The average Bonchev–Trinajstić information content (AvgIpc) is 3.25. The molecule has 0 atom stereocenters. The molecule has 0 radical (unpaired) electrons. The molecule has 34 heavy (non-hydrogen) atoms. The van der Waals surface area contributed by atoms with Gasteiger partial charge in [-0.25, -0.2) is 9.97 Å². The number of anilines is 3. The predicted octanol–water partition coefficient (Wildman–Crippen LogP) is 3.63. The standard InChI is InChI=1S/C25H28N6O3/c1-25(2)23-20(19-7-6-17(12-21(19)34-25)31-9-4-5-22(31)32)15-28-24(30-23)29-16-11-18(14-27-13-16)33-10-8-26-3/h6-7,11-15,26H,4-5,8-10H2,1-3H3,(H,28,29,30). The molecule has 2 aliphatic rings. The number of ether oxygens (including phenoxy) is 2. The van der Waals surface area contributed by atoms with Crippen LogP contribution in [0.2, 0.25) is 0 Å². The van der Waals surface area contributed by atoms with E-state index in [0.29, 0.717) is 24.7 Å². The number of aromatic nitrogens is 3. The van der Waals surface area contributed by atoms with Crippen LogP contribution in [0.25, 0.3) is 11.1 Å². The first-order chi connectivity index (χ1) is 16.4. The quantitative estimate of drug-likeness (QED) is 0.516. The fraction of sp³-hybridized carbons (Fsp3) is 0.360. The first kappa shape index (κ1) is 22.1. The van der Waals surface area contributed by atoms with Gasteiger partial charge in [0, 0.05) is 54.7 Å². The number of pyridine rings is 1. The summed E-state index contributed by atoms with van der Waals surface area (Å²) in [5.41, 5.74) is 3.54. The molecule has 0 aliphatic carbocycles. The Bertz CT molecular complexity index is 1230. The number of nitrogens with zero attached hydrogens (tertiary/aromatic N) is 4. The maximum Gasteiger partial charge on any atom is 0.227 e. The van der Waals surface area contributed by atoms with E-state index in [0.717, 1.165) is 53.5 Å². The van der Waals surface area contributed by atoms with Gasteiger partial charge >= 0.3 is 0 Å². The number of likely N-dealkylation sites (N-methyl/N-ethyl adjacent to an activating group) is 1. The molecule has 2 aromatic heterocycles. The molecule has 0 spiro atoms. The van der Waals surface area contributed by atoms with Crippen LogP contribution in [0.15, 0.2) is 42.9 Å². The molecule has 3 aromatic rings. The number of rotatable bonds is 7. The van der Waals surface area contributed by atoms with Crippen molar-refractivity contribution >= 4 is 23.2 Å². The van der Waals surface area contributed by atoms with E-state index in [2.05, 4.69) is 20.6 Å². The van der Waals surface area contributed by atoms with Crippen molar-refractivity contribution in [3.05, 3.63) is 48.5 Å². The monoisotopic (exact) mass is 460 g/mol. The minimum absolute atomic E-state index is 0.153. The Hall–Kier alpha value is -3.72. The van der Waals surface area contributed by atoms with Crippen molar-refractivity contribution in [2.24, 2.45) is 0 Å². The summed E-state index contributed by atoms with van der Waals surface area (Å²) in [6.45, 7) is 6.01. The molecule has 4 heterocycles. The third-order valence-corrected chi connectivity index (χ3v) is 5.95. The molecule has 9 heteroatoms. The summed E-state index contributed by atoms with van der Waals surface area (Å²) in [4.78, 5) is 27.6. The van der Waals surface area contributed by atoms with Gasteiger partial charge < -0.3 is 25.0 Å². The molecular formula is C25H28N6O3. The zero-order valence-corrected chi connectivity index (χ0v) is 19.6. The Morgan fingerprint density at radius 3 is 2.85 bits per heavy atom. The lowest BCUT2D eigenvalue weighted by Gasteiger charge is -2.34. The maximum atomic E-state index is 12.2. The number of hydrogen-bond acceptors (Lipinski definition) is 8. The number of carbonyl (C=O) groups excluding carboxylic acids is 1.